The maximum absolute atomic E-state index is 4.65. The Balaban J connectivity index is 2.58. The van der Waals surface area contributed by atoms with E-state index in [4.69, 9.17) is 0 Å². The van der Waals surface area contributed by atoms with Crippen molar-refractivity contribution in [2.24, 2.45) is 5.16 Å². The molecule has 0 atom stereocenters. The van der Waals surface area contributed by atoms with Gasteiger partial charge in [0, 0.05) is 18.8 Å². The first-order valence-electron chi connectivity index (χ1n) is 3.78. The topological polar surface area (TPSA) is 34.5 Å². The second kappa shape index (κ2) is 4.49. The van der Waals surface area contributed by atoms with Crippen LogP contribution in [0, 0.1) is 0 Å². The van der Waals surface area contributed by atoms with Crippen LogP contribution in [0.15, 0.2) is 29.7 Å². The van der Waals surface area contributed by atoms with Crippen LogP contribution in [0.2, 0.25) is 0 Å². The second-order valence-electron chi connectivity index (χ2n) is 2.54. The summed E-state index contributed by atoms with van der Waals surface area (Å²) < 4.78 is 0. The van der Waals surface area contributed by atoms with Crippen LogP contribution in [-0.2, 0) is 11.3 Å². The zero-order valence-electron chi connectivity index (χ0n) is 7.32. The van der Waals surface area contributed by atoms with E-state index >= 15 is 0 Å². The summed E-state index contributed by atoms with van der Waals surface area (Å²) in [5.41, 5.74) is 2.16. The number of oxime groups is 1. The SMILES string of the molecule is CO/N=C(/C)Cc1ccncc1. The second-order valence-corrected chi connectivity index (χ2v) is 2.54. The molecule has 0 unspecified atom stereocenters. The van der Waals surface area contributed by atoms with Crippen molar-refractivity contribution in [1.82, 2.24) is 4.98 Å². The van der Waals surface area contributed by atoms with Gasteiger partial charge in [-0.1, -0.05) is 5.16 Å². The first-order valence-corrected chi connectivity index (χ1v) is 3.78. The zero-order valence-corrected chi connectivity index (χ0v) is 7.32. The Morgan fingerprint density at radius 3 is 2.75 bits per heavy atom. The van der Waals surface area contributed by atoms with E-state index < -0.39 is 0 Å². The van der Waals surface area contributed by atoms with Crippen molar-refractivity contribution in [2.45, 2.75) is 13.3 Å². The average molecular weight is 164 g/mol. The van der Waals surface area contributed by atoms with Crippen molar-refractivity contribution < 1.29 is 4.84 Å². The Kier molecular flexibility index (Phi) is 3.26. The van der Waals surface area contributed by atoms with Crippen molar-refractivity contribution in [2.75, 3.05) is 7.11 Å². The zero-order chi connectivity index (χ0) is 8.81. The van der Waals surface area contributed by atoms with Gasteiger partial charge in [-0.05, 0) is 24.6 Å². The molecule has 1 heterocycles. The predicted octanol–water partition coefficient (Wildman–Crippen LogP) is 1.65. The Morgan fingerprint density at radius 1 is 1.50 bits per heavy atom. The van der Waals surface area contributed by atoms with Gasteiger partial charge in [0.1, 0.15) is 7.11 Å². The van der Waals surface area contributed by atoms with E-state index in [0.717, 1.165) is 12.1 Å². The summed E-state index contributed by atoms with van der Waals surface area (Å²) in [4.78, 5) is 8.58. The highest BCUT2D eigenvalue weighted by molar-refractivity contribution is 5.83. The molecule has 64 valence electrons. The maximum atomic E-state index is 4.65. The number of nitrogens with zero attached hydrogens (tertiary/aromatic N) is 2. The molecular weight excluding hydrogens is 152 g/mol. The molecular formula is C9H12N2O. The molecule has 1 aromatic rings. The lowest BCUT2D eigenvalue weighted by atomic mass is 10.1. The molecule has 0 aliphatic rings. The monoisotopic (exact) mass is 164 g/mol. The molecule has 3 nitrogen and oxygen atoms in total. The number of rotatable bonds is 3. The molecule has 0 spiro atoms. The van der Waals surface area contributed by atoms with E-state index in [1.807, 2.05) is 19.1 Å². The van der Waals surface area contributed by atoms with Gasteiger partial charge in [0.2, 0.25) is 0 Å². The molecule has 0 aliphatic heterocycles. The van der Waals surface area contributed by atoms with Gasteiger partial charge < -0.3 is 4.84 Å². The normalized spacial score (nSPS) is 11.3. The summed E-state index contributed by atoms with van der Waals surface area (Å²) in [6, 6.07) is 3.93. The number of hydrogen-bond acceptors (Lipinski definition) is 3. The Morgan fingerprint density at radius 2 is 2.17 bits per heavy atom. The molecule has 0 saturated heterocycles. The Bertz CT molecular complexity index is 256. The molecule has 3 heteroatoms. The van der Waals surface area contributed by atoms with Gasteiger partial charge in [-0.25, -0.2) is 0 Å². The largest absolute Gasteiger partial charge is 0.399 e. The molecule has 1 rings (SSSR count). The van der Waals surface area contributed by atoms with E-state index in [0.29, 0.717) is 0 Å². The van der Waals surface area contributed by atoms with Crippen molar-refractivity contribution in [3.63, 3.8) is 0 Å². The lowest BCUT2D eigenvalue weighted by Crippen LogP contribution is -1.97. The van der Waals surface area contributed by atoms with E-state index in [1.54, 1.807) is 19.5 Å². The van der Waals surface area contributed by atoms with E-state index in [9.17, 15) is 0 Å². The van der Waals surface area contributed by atoms with Crippen LogP contribution in [0.25, 0.3) is 0 Å². The van der Waals surface area contributed by atoms with Crippen LogP contribution in [0.5, 0.6) is 0 Å². The van der Waals surface area contributed by atoms with Gasteiger partial charge >= 0.3 is 0 Å². The van der Waals surface area contributed by atoms with Crippen LogP contribution < -0.4 is 0 Å². The van der Waals surface area contributed by atoms with Crippen molar-refractivity contribution in [3.8, 4) is 0 Å². The highest BCUT2D eigenvalue weighted by Crippen LogP contribution is 1.98. The lowest BCUT2D eigenvalue weighted by Gasteiger charge is -1.98. The highest BCUT2D eigenvalue weighted by atomic mass is 16.6. The van der Waals surface area contributed by atoms with E-state index in [-0.39, 0.29) is 0 Å². The van der Waals surface area contributed by atoms with E-state index in [1.165, 1.54) is 5.56 Å². The third kappa shape index (κ3) is 2.70. The molecule has 12 heavy (non-hydrogen) atoms. The van der Waals surface area contributed by atoms with Crippen LogP contribution in [0.4, 0.5) is 0 Å². The maximum Gasteiger partial charge on any atom is 0.106 e. The van der Waals surface area contributed by atoms with Crippen molar-refractivity contribution in [1.29, 1.82) is 0 Å². The Labute approximate surface area is 72.1 Å². The summed E-state index contributed by atoms with van der Waals surface area (Å²) in [5, 5.41) is 3.82. The highest BCUT2D eigenvalue weighted by Gasteiger charge is 1.94. The quantitative estimate of drug-likeness (QED) is 0.503. The van der Waals surface area contributed by atoms with Crippen molar-refractivity contribution in [3.05, 3.63) is 30.1 Å². The minimum atomic E-state index is 0.816. The fraction of sp³-hybridized carbons (Fsp3) is 0.333. The standard InChI is InChI=1S/C9H12N2O/c1-8(11-12-2)7-9-3-5-10-6-4-9/h3-6H,7H2,1-2H3/b11-8-. The number of hydrogen-bond donors (Lipinski definition) is 0. The molecule has 0 aromatic carbocycles. The van der Waals surface area contributed by atoms with Gasteiger partial charge in [-0.2, -0.15) is 0 Å². The van der Waals surface area contributed by atoms with Gasteiger partial charge in [0.25, 0.3) is 0 Å². The predicted molar refractivity (Wildman–Crippen MR) is 48.1 cm³/mol. The molecule has 0 aliphatic carbocycles. The summed E-state index contributed by atoms with van der Waals surface area (Å²) in [6.45, 7) is 1.93. The first kappa shape index (κ1) is 8.71. The summed E-state index contributed by atoms with van der Waals surface area (Å²) >= 11 is 0. The summed E-state index contributed by atoms with van der Waals surface area (Å²) in [6.07, 6.45) is 4.36. The third-order valence-electron chi connectivity index (χ3n) is 1.46. The van der Waals surface area contributed by atoms with Crippen molar-refractivity contribution >= 4 is 5.71 Å². The fourth-order valence-corrected chi connectivity index (χ4v) is 0.984. The summed E-state index contributed by atoms with van der Waals surface area (Å²) in [7, 11) is 1.55. The molecule has 0 amide bonds. The third-order valence-corrected chi connectivity index (χ3v) is 1.46. The average Bonchev–Trinajstić information content (AvgIpc) is 2.06. The minimum Gasteiger partial charge on any atom is -0.399 e. The van der Waals surface area contributed by atoms with Gasteiger partial charge in [-0.15, -0.1) is 0 Å². The molecule has 0 fully saturated rings. The smallest absolute Gasteiger partial charge is 0.106 e. The lowest BCUT2D eigenvalue weighted by molar-refractivity contribution is 0.212. The number of pyridine rings is 1. The molecule has 0 saturated carbocycles. The molecule has 1 aromatic heterocycles. The van der Waals surface area contributed by atoms with Crippen LogP contribution >= 0.6 is 0 Å². The molecule has 0 bridgehead atoms. The first-order chi connectivity index (χ1) is 5.83. The summed E-state index contributed by atoms with van der Waals surface area (Å²) in [5.74, 6) is 0. The van der Waals surface area contributed by atoms with Crippen LogP contribution in [0.3, 0.4) is 0 Å². The van der Waals surface area contributed by atoms with Gasteiger partial charge in [-0.3, -0.25) is 4.98 Å². The molecule has 0 radical (unpaired) electrons. The van der Waals surface area contributed by atoms with E-state index in [2.05, 4.69) is 15.0 Å². The molecule has 0 N–H and O–H groups in total. The van der Waals surface area contributed by atoms with Gasteiger partial charge in [0.05, 0.1) is 5.71 Å². The minimum absolute atomic E-state index is 0.816. The van der Waals surface area contributed by atoms with Crippen LogP contribution in [-0.4, -0.2) is 17.8 Å². The Hall–Kier alpha value is -1.38. The van der Waals surface area contributed by atoms with Crippen LogP contribution in [0.1, 0.15) is 12.5 Å². The number of aromatic nitrogens is 1. The van der Waals surface area contributed by atoms with Gasteiger partial charge in [0.15, 0.2) is 0 Å². The fourth-order valence-electron chi connectivity index (χ4n) is 0.984.